The molecule has 0 bridgehead atoms. The summed E-state index contributed by atoms with van der Waals surface area (Å²) in [6.45, 7) is 3.81. The van der Waals surface area contributed by atoms with E-state index in [2.05, 4.69) is 10.9 Å². The van der Waals surface area contributed by atoms with E-state index in [9.17, 15) is 9.59 Å². The number of amides is 2. The summed E-state index contributed by atoms with van der Waals surface area (Å²) in [5, 5.41) is 3.33. The number of benzene rings is 4. The highest BCUT2D eigenvalue weighted by molar-refractivity contribution is 6.18. The first-order chi connectivity index (χ1) is 24.6. The van der Waals surface area contributed by atoms with Crippen LogP contribution in [0.15, 0.2) is 66.7 Å². The molecule has 2 amide bonds. The van der Waals surface area contributed by atoms with Gasteiger partial charge in [0.25, 0.3) is 11.8 Å². The molecular weight excluding hydrogens is 648 g/mol. The third kappa shape index (κ3) is 11.5. The zero-order valence-electron chi connectivity index (χ0n) is 28.8. The van der Waals surface area contributed by atoms with Crippen LogP contribution in [-0.4, -0.2) is 112 Å². The minimum Gasteiger partial charge on any atom is -0.487 e. The Hall–Kier alpha value is -4.50. The van der Waals surface area contributed by atoms with Crippen molar-refractivity contribution in [2.45, 2.75) is 0 Å². The number of hydrogen-bond acceptors (Lipinski definition) is 11. The van der Waals surface area contributed by atoms with Crippen molar-refractivity contribution in [1.82, 2.24) is 10.9 Å². The average Bonchev–Trinajstić information content (AvgIpc) is 3.14. The summed E-state index contributed by atoms with van der Waals surface area (Å²) < 4.78 is 49.9. The van der Waals surface area contributed by atoms with Crippen molar-refractivity contribution >= 4 is 33.4 Å². The van der Waals surface area contributed by atoms with E-state index >= 15 is 0 Å². The molecule has 270 valence electrons. The zero-order chi connectivity index (χ0) is 35.4. The van der Waals surface area contributed by atoms with Crippen LogP contribution in [0.1, 0.15) is 20.7 Å². The topological polar surface area (TPSA) is 141 Å². The van der Waals surface area contributed by atoms with Crippen LogP contribution in [0.4, 0.5) is 0 Å². The summed E-state index contributed by atoms with van der Waals surface area (Å²) in [5.74, 6) is -0.302. The number of methoxy groups -OCH3 is 3. The van der Waals surface area contributed by atoms with E-state index in [-0.39, 0.29) is 62.5 Å². The van der Waals surface area contributed by atoms with Gasteiger partial charge < -0.3 is 42.6 Å². The monoisotopic (exact) mass is 694 g/mol. The summed E-state index contributed by atoms with van der Waals surface area (Å²) in [4.78, 5) is 27.2. The van der Waals surface area contributed by atoms with Crippen LogP contribution in [0.5, 0.6) is 17.2 Å². The molecule has 13 nitrogen and oxygen atoms in total. The maximum atomic E-state index is 13.6. The third-order valence-electron chi connectivity index (χ3n) is 7.31. The third-order valence-corrected chi connectivity index (χ3v) is 7.31. The van der Waals surface area contributed by atoms with Crippen LogP contribution in [0.2, 0.25) is 0 Å². The molecule has 0 aromatic heterocycles. The molecule has 0 unspecified atom stereocenters. The molecule has 0 aliphatic carbocycles. The quantitative estimate of drug-likeness (QED) is 0.0656. The highest BCUT2D eigenvalue weighted by atomic mass is 16.6. The summed E-state index contributed by atoms with van der Waals surface area (Å²) >= 11 is 0. The summed E-state index contributed by atoms with van der Waals surface area (Å²) in [7, 11) is 4.78. The minimum absolute atomic E-state index is 0.153. The number of ether oxygens (including phenoxy) is 9. The summed E-state index contributed by atoms with van der Waals surface area (Å²) in [6, 6.07) is 20.3. The highest BCUT2D eigenvalue weighted by Gasteiger charge is 2.21. The predicted molar refractivity (Wildman–Crippen MR) is 187 cm³/mol. The van der Waals surface area contributed by atoms with Crippen molar-refractivity contribution in [1.29, 1.82) is 0 Å². The van der Waals surface area contributed by atoms with Gasteiger partial charge in [-0.05, 0) is 39.7 Å². The van der Waals surface area contributed by atoms with Crippen LogP contribution in [-0.2, 0) is 28.4 Å². The van der Waals surface area contributed by atoms with Gasteiger partial charge >= 0.3 is 0 Å². The molecule has 0 radical (unpaired) electrons. The molecule has 4 aromatic carbocycles. The van der Waals surface area contributed by atoms with Crippen LogP contribution in [0.25, 0.3) is 21.5 Å². The highest BCUT2D eigenvalue weighted by Crippen LogP contribution is 2.39. The molecular formula is C37H46N2O11. The molecule has 13 heteroatoms. The molecule has 2 N–H and O–H groups in total. The van der Waals surface area contributed by atoms with Crippen molar-refractivity contribution in [2.24, 2.45) is 0 Å². The first-order valence-corrected chi connectivity index (χ1v) is 16.3. The maximum absolute atomic E-state index is 13.6. The van der Waals surface area contributed by atoms with E-state index in [1.165, 1.54) is 12.1 Å². The van der Waals surface area contributed by atoms with Crippen molar-refractivity contribution in [3.8, 4) is 17.2 Å². The molecule has 0 saturated heterocycles. The summed E-state index contributed by atoms with van der Waals surface area (Å²) in [6.07, 6.45) is 0. The lowest BCUT2D eigenvalue weighted by Crippen LogP contribution is -2.41. The fourth-order valence-corrected chi connectivity index (χ4v) is 4.93. The Bertz CT molecular complexity index is 1560. The summed E-state index contributed by atoms with van der Waals surface area (Å²) in [5.41, 5.74) is 5.75. The Kier molecular flexibility index (Phi) is 16.5. The smallest absolute Gasteiger partial charge is 0.270 e. The van der Waals surface area contributed by atoms with E-state index in [4.69, 9.17) is 42.6 Å². The van der Waals surface area contributed by atoms with Gasteiger partial charge in [0.1, 0.15) is 19.8 Å². The fraction of sp³-hybridized carbons (Fsp3) is 0.405. The van der Waals surface area contributed by atoms with Crippen LogP contribution in [0, 0.1) is 0 Å². The van der Waals surface area contributed by atoms with Gasteiger partial charge in [-0.2, -0.15) is 0 Å². The lowest BCUT2D eigenvalue weighted by atomic mass is 9.96. The van der Waals surface area contributed by atoms with Gasteiger partial charge in [0.05, 0.1) is 65.0 Å². The molecule has 4 rings (SSSR count). The normalized spacial score (nSPS) is 11.1. The van der Waals surface area contributed by atoms with Gasteiger partial charge in [-0.25, -0.2) is 0 Å². The van der Waals surface area contributed by atoms with Gasteiger partial charge in [0.2, 0.25) is 5.75 Å². The maximum Gasteiger partial charge on any atom is 0.270 e. The first kappa shape index (κ1) is 38.3. The van der Waals surface area contributed by atoms with Gasteiger partial charge in [-0.3, -0.25) is 20.4 Å². The number of rotatable bonds is 23. The lowest BCUT2D eigenvalue weighted by molar-refractivity contribution is 0.0468. The minimum atomic E-state index is -0.597. The zero-order valence-corrected chi connectivity index (χ0v) is 28.8. The number of hydrogen-bond donors (Lipinski definition) is 2. The molecule has 0 saturated carbocycles. The Labute approximate surface area is 291 Å². The van der Waals surface area contributed by atoms with E-state index in [0.29, 0.717) is 45.2 Å². The largest absolute Gasteiger partial charge is 0.487 e. The second kappa shape index (κ2) is 21.6. The first-order valence-electron chi connectivity index (χ1n) is 16.3. The van der Waals surface area contributed by atoms with Gasteiger partial charge in [0.15, 0.2) is 11.5 Å². The van der Waals surface area contributed by atoms with Crippen molar-refractivity contribution in [2.75, 3.05) is 101 Å². The SMILES string of the molecule is COCCOCCOc1cc(C(=O)NNC(=O)c2c3ccccc3cc3ccccc23)cc(OCCOCCOC)c1OCCOCCOC. The number of hydrazine groups is 1. The van der Waals surface area contributed by atoms with Crippen LogP contribution in [0.3, 0.4) is 0 Å². The Morgan fingerprint density at radius 1 is 0.500 bits per heavy atom. The predicted octanol–water partition coefficient (Wildman–Crippen LogP) is 4.19. The van der Waals surface area contributed by atoms with Crippen molar-refractivity contribution in [3.63, 3.8) is 0 Å². The average molecular weight is 695 g/mol. The molecule has 0 spiro atoms. The number of carbonyl (C=O) groups is 2. The van der Waals surface area contributed by atoms with E-state index in [1.54, 1.807) is 21.3 Å². The lowest BCUT2D eigenvalue weighted by Gasteiger charge is -2.19. The second-order valence-corrected chi connectivity index (χ2v) is 10.8. The molecule has 0 heterocycles. The standard InChI is InChI=1S/C37H46N2O11/c1-42-12-15-45-18-21-48-32-25-29(26-33(49-22-19-46-16-13-43-2)35(32)50-23-20-47-17-14-44-3)36(40)38-39-37(41)34-30-10-6-4-8-27(30)24-28-9-5-7-11-31(28)34/h4-11,24-26H,12-23H2,1-3H3,(H,38,40)(H,39,41). The van der Waals surface area contributed by atoms with Gasteiger partial charge in [0, 0.05) is 26.9 Å². The molecule has 4 aromatic rings. The van der Waals surface area contributed by atoms with Crippen molar-refractivity contribution < 1.29 is 52.2 Å². The van der Waals surface area contributed by atoms with Crippen LogP contribution < -0.4 is 25.1 Å². The van der Waals surface area contributed by atoms with E-state index in [0.717, 1.165) is 21.5 Å². The Morgan fingerprint density at radius 3 is 1.40 bits per heavy atom. The Morgan fingerprint density at radius 2 is 0.920 bits per heavy atom. The van der Waals surface area contributed by atoms with Crippen molar-refractivity contribution in [3.05, 3.63) is 77.9 Å². The second-order valence-electron chi connectivity index (χ2n) is 10.8. The molecule has 0 fully saturated rings. The molecule has 0 aliphatic rings. The molecule has 50 heavy (non-hydrogen) atoms. The Balaban J connectivity index is 1.56. The van der Waals surface area contributed by atoms with Gasteiger partial charge in [-0.15, -0.1) is 0 Å². The van der Waals surface area contributed by atoms with E-state index in [1.807, 2.05) is 54.6 Å². The fourth-order valence-electron chi connectivity index (χ4n) is 4.93. The van der Waals surface area contributed by atoms with Gasteiger partial charge in [-0.1, -0.05) is 48.5 Å². The number of nitrogens with one attached hydrogen (secondary N) is 2. The molecule has 0 atom stereocenters. The number of carbonyl (C=O) groups excluding carboxylic acids is 2. The number of fused-ring (bicyclic) bond motifs is 2. The van der Waals surface area contributed by atoms with Crippen LogP contribution >= 0.6 is 0 Å². The van der Waals surface area contributed by atoms with E-state index < -0.39 is 11.8 Å². The molecule has 0 aliphatic heterocycles.